The molecule has 2 aromatic carbocycles. The Morgan fingerprint density at radius 3 is 2.47 bits per heavy atom. The van der Waals surface area contributed by atoms with Gasteiger partial charge in [0.15, 0.2) is 0 Å². The Labute approximate surface area is 180 Å². The fraction of sp³-hybridized carbons (Fsp3) is 0.273. The maximum absolute atomic E-state index is 12.2. The number of nitrogen functional groups attached to an aromatic ring is 1. The molecule has 3 rings (SSSR count). The number of hydrogen-bond donors (Lipinski definition) is 3. The number of carbonyl (C=O) groups is 1. The van der Waals surface area contributed by atoms with E-state index in [9.17, 15) is 4.79 Å². The molecule has 0 saturated carbocycles. The third-order valence-electron chi connectivity index (χ3n) is 4.40. The average Bonchev–Trinajstić information content (AvgIpc) is 2.71. The largest absolute Gasteiger partial charge is 0.368 e. The highest BCUT2D eigenvalue weighted by Gasteiger charge is 2.08. The van der Waals surface area contributed by atoms with Gasteiger partial charge < -0.3 is 16.4 Å². The molecular weight excluding hydrogens is 396 g/mol. The first-order chi connectivity index (χ1) is 14.5. The van der Waals surface area contributed by atoms with Crippen molar-refractivity contribution in [2.24, 2.45) is 0 Å². The Morgan fingerprint density at radius 1 is 1.00 bits per heavy atom. The molecule has 0 atom stereocenters. The van der Waals surface area contributed by atoms with Gasteiger partial charge in [-0.05, 0) is 49.3 Å². The highest BCUT2D eigenvalue weighted by atomic mass is 32.2. The van der Waals surface area contributed by atoms with Crippen LogP contribution >= 0.6 is 11.8 Å². The van der Waals surface area contributed by atoms with Crippen LogP contribution in [-0.2, 0) is 10.5 Å². The number of nitrogens with one attached hydrogen (secondary N) is 2. The number of rotatable bonds is 9. The Balaban J connectivity index is 1.43. The summed E-state index contributed by atoms with van der Waals surface area (Å²) in [5, 5.41) is 6.15. The van der Waals surface area contributed by atoms with Gasteiger partial charge in [0.1, 0.15) is 5.82 Å². The molecule has 0 aliphatic carbocycles. The van der Waals surface area contributed by atoms with Gasteiger partial charge >= 0.3 is 0 Å². The summed E-state index contributed by atoms with van der Waals surface area (Å²) in [6, 6.07) is 15.7. The molecule has 0 aliphatic rings. The minimum Gasteiger partial charge on any atom is -0.368 e. The topological polar surface area (TPSA) is 106 Å². The van der Waals surface area contributed by atoms with Crippen molar-refractivity contribution < 1.29 is 4.79 Å². The lowest BCUT2D eigenvalue weighted by Gasteiger charge is -2.11. The van der Waals surface area contributed by atoms with E-state index in [0.29, 0.717) is 23.9 Å². The molecular formula is C22H26N6OS. The lowest BCUT2D eigenvalue weighted by Crippen LogP contribution is -2.13. The third kappa shape index (κ3) is 6.45. The number of nitrogens with zero attached hydrogens (tertiary/aromatic N) is 3. The van der Waals surface area contributed by atoms with Crippen LogP contribution in [0.15, 0.2) is 48.5 Å². The Hall–Kier alpha value is -3.13. The summed E-state index contributed by atoms with van der Waals surface area (Å²) < 4.78 is 0. The van der Waals surface area contributed by atoms with E-state index in [1.807, 2.05) is 62.4 Å². The van der Waals surface area contributed by atoms with Gasteiger partial charge in [0.05, 0.1) is 5.75 Å². The lowest BCUT2D eigenvalue weighted by molar-refractivity contribution is -0.116. The molecule has 7 nitrogen and oxygen atoms in total. The van der Waals surface area contributed by atoms with E-state index in [1.54, 1.807) is 11.8 Å². The first-order valence-electron chi connectivity index (χ1n) is 9.77. The molecule has 0 saturated heterocycles. The van der Waals surface area contributed by atoms with E-state index in [2.05, 4.69) is 25.6 Å². The quantitative estimate of drug-likeness (QED) is 0.437. The second kappa shape index (κ2) is 10.6. The molecule has 0 bridgehead atoms. The molecule has 0 unspecified atom stereocenters. The van der Waals surface area contributed by atoms with Crippen molar-refractivity contribution in [1.29, 1.82) is 0 Å². The number of aryl methyl sites for hydroxylation is 2. The summed E-state index contributed by atoms with van der Waals surface area (Å²) in [4.78, 5) is 25.0. The predicted molar refractivity (Wildman–Crippen MR) is 124 cm³/mol. The van der Waals surface area contributed by atoms with Gasteiger partial charge in [-0.1, -0.05) is 36.4 Å². The van der Waals surface area contributed by atoms with Crippen LogP contribution in [0.5, 0.6) is 0 Å². The number of nitrogens with two attached hydrogens (primary N) is 1. The van der Waals surface area contributed by atoms with Gasteiger partial charge in [-0.15, -0.1) is 0 Å². The molecule has 0 spiro atoms. The average molecular weight is 423 g/mol. The van der Waals surface area contributed by atoms with E-state index in [4.69, 9.17) is 5.73 Å². The van der Waals surface area contributed by atoms with Crippen LogP contribution in [0.3, 0.4) is 0 Å². The number of anilines is 4. The second-order valence-electron chi connectivity index (χ2n) is 6.90. The zero-order valence-electron chi connectivity index (χ0n) is 17.2. The van der Waals surface area contributed by atoms with Crippen molar-refractivity contribution in [2.75, 3.05) is 22.1 Å². The molecule has 1 heterocycles. The zero-order chi connectivity index (χ0) is 21.3. The Morgan fingerprint density at radius 2 is 1.73 bits per heavy atom. The van der Waals surface area contributed by atoms with Gasteiger partial charge in [0.25, 0.3) is 0 Å². The fourth-order valence-corrected chi connectivity index (χ4v) is 3.73. The number of amides is 1. The molecule has 0 fully saturated rings. The van der Waals surface area contributed by atoms with E-state index in [0.717, 1.165) is 34.7 Å². The van der Waals surface area contributed by atoms with Crippen molar-refractivity contribution in [2.45, 2.75) is 32.4 Å². The highest BCUT2D eigenvalue weighted by molar-refractivity contribution is 7.98. The van der Waals surface area contributed by atoms with Crippen molar-refractivity contribution in [3.8, 4) is 0 Å². The molecule has 1 amide bonds. The summed E-state index contributed by atoms with van der Waals surface area (Å²) in [6.07, 6.45) is 1.25. The zero-order valence-corrected chi connectivity index (χ0v) is 18.0. The summed E-state index contributed by atoms with van der Waals surface area (Å²) in [5.74, 6) is 2.70. The third-order valence-corrected chi connectivity index (χ3v) is 5.44. The molecule has 0 radical (unpaired) electrons. The lowest BCUT2D eigenvalue weighted by atomic mass is 10.1. The fourth-order valence-electron chi connectivity index (χ4n) is 2.92. The minimum atomic E-state index is 0.0340. The minimum absolute atomic E-state index is 0.0340. The number of carbonyl (C=O) groups excluding carboxylic acids is 1. The van der Waals surface area contributed by atoms with Gasteiger partial charge in [-0.2, -0.15) is 26.7 Å². The molecule has 0 aliphatic heterocycles. The first kappa shape index (κ1) is 21.6. The normalized spacial score (nSPS) is 10.6. The molecule has 8 heteroatoms. The van der Waals surface area contributed by atoms with Crippen LogP contribution in [0.4, 0.5) is 23.3 Å². The Kier molecular flexibility index (Phi) is 7.62. The van der Waals surface area contributed by atoms with E-state index in [-0.39, 0.29) is 11.9 Å². The van der Waals surface area contributed by atoms with E-state index < -0.39 is 0 Å². The van der Waals surface area contributed by atoms with Gasteiger partial charge in [-0.3, -0.25) is 4.79 Å². The number of aromatic nitrogens is 3. The smallest absolute Gasteiger partial charge is 0.232 e. The van der Waals surface area contributed by atoms with Crippen LogP contribution in [0.25, 0.3) is 0 Å². The Bertz CT molecular complexity index is 976. The summed E-state index contributed by atoms with van der Waals surface area (Å²) in [7, 11) is 0. The molecule has 30 heavy (non-hydrogen) atoms. The van der Waals surface area contributed by atoms with E-state index >= 15 is 0 Å². The first-order valence-corrected chi connectivity index (χ1v) is 10.9. The van der Waals surface area contributed by atoms with Crippen molar-refractivity contribution in [1.82, 2.24) is 15.0 Å². The second-order valence-corrected chi connectivity index (χ2v) is 8.00. The molecule has 156 valence electrons. The highest BCUT2D eigenvalue weighted by Crippen LogP contribution is 2.20. The molecule has 1 aromatic heterocycles. The van der Waals surface area contributed by atoms with Crippen molar-refractivity contribution >= 4 is 40.9 Å². The monoisotopic (exact) mass is 422 g/mol. The van der Waals surface area contributed by atoms with Crippen LogP contribution < -0.4 is 16.4 Å². The molecule has 3 aromatic rings. The SMILES string of the molecule is Cc1cccc(C)c1NC(=O)CCCSCc1nc(N)nc(Nc2ccccc2)n1. The van der Waals surface area contributed by atoms with Gasteiger partial charge in [0.2, 0.25) is 17.8 Å². The standard InChI is InChI=1S/C22H26N6OS/c1-15-8-6-9-16(2)20(15)27-19(29)12-7-13-30-14-18-25-21(23)28-22(26-18)24-17-10-4-3-5-11-17/h3-6,8-11H,7,12-14H2,1-2H3,(H,27,29)(H3,23,24,25,26,28). The van der Waals surface area contributed by atoms with Gasteiger partial charge in [-0.25, -0.2) is 0 Å². The summed E-state index contributed by atoms with van der Waals surface area (Å²) in [6.45, 7) is 4.00. The van der Waals surface area contributed by atoms with Crippen LogP contribution in [0.1, 0.15) is 29.8 Å². The number of para-hydroxylation sites is 2. The van der Waals surface area contributed by atoms with Crippen LogP contribution in [0, 0.1) is 13.8 Å². The summed E-state index contributed by atoms with van der Waals surface area (Å²) in [5.41, 5.74) is 9.76. The predicted octanol–water partition coefficient (Wildman–Crippen LogP) is 4.47. The van der Waals surface area contributed by atoms with Crippen molar-refractivity contribution in [3.05, 3.63) is 65.5 Å². The maximum Gasteiger partial charge on any atom is 0.232 e. The van der Waals surface area contributed by atoms with Crippen molar-refractivity contribution in [3.63, 3.8) is 0 Å². The van der Waals surface area contributed by atoms with Crippen LogP contribution in [-0.4, -0.2) is 26.6 Å². The van der Waals surface area contributed by atoms with Gasteiger partial charge in [0, 0.05) is 17.8 Å². The maximum atomic E-state index is 12.2. The summed E-state index contributed by atoms with van der Waals surface area (Å²) >= 11 is 1.67. The number of thioether (sulfide) groups is 1. The number of benzene rings is 2. The van der Waals surface area contributed by atoms with E-state index in [1.165, 1.54) is 0 Å². The number of hydrogen-bond acceptors (Lipinski definition) is 7. The van der Waals surface area contributed by atoms with Crippen LogP contribution in [0.2, 0.25) is 0 Å². The molecule has 4 N–H and O–H groups in total.